The number of esters is 1. The Hall–Kier alpha value is -1.66. The van der Waals surface area contributed by atoms with Gasteiger partial charge in [0.25, 0.3) is 0 Å². The summed E-state index contributed by atoms with van der Waals surface area (Å²) in [7, 11) is 0. The molecule has 0 aliphatic heterocycles. The van der Waals surface area contributed by atoms with Gasteiger partial charge in [0.15, 0.2) is 0 Å². The molecule has 0 aromatic rings. The van der Waals surface area contributed by atoms with Crippen molar-refractivity contribution in [3.63, 3.8) is 0 Å². The molecule has 0 aromatic carbocycles. The second-order valence-electron chi connectivity index (χ2n) is 29.5. The summed E-state index contributed by atoms with van der Waals surface area (Å²) >= 11 is 0. The number of carbonyl (C=O) groups excluding carboxylic acids is 2. The zero-order valence-electron chi connectivity index (χ0n) is 62.8. The predicted octanol–water partition coefficient (Wildman–Crippen LogP) is 28.4. The molecule has 2 atom stereocenters. The van der Waals surface area contributed by atoms with Crippen molar-refractivity contribution in [2.45, 2.75) is 501 Å². The van der Waals surface area contributed by atoms with Gasteiger partial charge < -0.3 is 20.3 Å². The Morgan fingerprint density at radius 3 is 0.772 bits per heavy atom. The van der Waals surface area contributed by atoms with Gasteiger partial charge in [0.05, 0.1) is 25.4 Å². The number of nitrogens with one attached hydrogen (secondary N) is 1. The molecule has 0 bridgehead atoms. The standard InChI is InChI=1S/C86H167NO5/c1-3-5-7-9-11-13-15-17-19-21-23-24-25-36-39-43-46-50-54-58-62-66-70-74-78-84(89)83(82-88)87-85(90)79-75-71-67-63-59-55-51-47-44-40-37-34-32-30-28-26-27-29-31-33-35-38-41-45-49-53-57-61-65-69-73-77-81-92-86(91)80-76-72-68-64-60-56-52-48-42-22-20-18-16-14-12-10-8-6-4-2/h18,20,29,31,83-84,88-89H,3-17,19,21-28,30,32-82H2,1-2H3,(H,87,90)/b20-18-,31-29-. The molecule has 0 aliphatic carbocycles. The number of carbonyl (C=O) groups is 2. The van der Waals surface area contributed by atoms with Crippen molar-refractivity contribution in [2.24, 2.45) is 0 Å². The Morgan fingerprint density at radius 2 is 0.511 bits per heavy atom. The first-order valence-corrected chi connectivity index (χ1v) is 42.6. The third-order valence-corrected chi connectivity index (χ3v) is 20.2. The number of hydrogen-bond acceptors (Lipinski definition) is 5. The van der Waals surface area contributed by atoms with E-state index in [4.69, 9.17) is 4.74 Å². The SMILES string of the molecule is CCCCCCCC/C=C\CCCCCCCCCCCC(=O)OCCCCCCCCCCCCCC/C=C\CCCCCCCCCCCCCCCCCCC(=O)NC(CO)C(O)CCCCCCCCCCCCCCCCCCCCCCCCCC. The normalized spacial score (nSPS) is 12.5. The number of aliphatic hydroxyl groups excluding tert-OH is 2. The number of rotatable bonds is 81. The highest BCUT2D eigenvalue weighted by molar-refractivity contribution is 5.76. The summed E-state index contributed by atoms with van der Waals surface area (Å²) in [5.41, 5.74) is 0. The van der Waals surface area contributed by atoms with Gasteiger partial charge in [-0.05, 0) is 77.0 Å². The molecule has 0 spiro atoms. The number of amides is 1. The van der Waals surface area contributed by atoms with Crippen molar-refractivity contribution in [2.75, 3.05) is 13.2 Å². The molecule has 546 valence electrons. The fourth-order valence-electron chi connectivity index (χ4n) is 13.8. The van der Waals surface area contributed by atoms with Crippen molar-refractivity contribution in [1.29, 1.82) is 0 Å². The molecule has 0 saturated carbocycles. The first-order chi connectivity index (χ1) is 45.5. The highest BCUT2D eigenvalue weighted by atomic mass is 16.5. The average molecular weight is 1300 g/mol. The van der Waals surface area contributed by atoms with Crippen molar-refractivity contribution >= 4 is 11.9 Å². The summed E-state index contributed by atoms with van der Waals surface area (Å²) in [6, 6.07) is -0.541. The lowest BCUT2D eigenvalue weighted by Gasteiger charge is -2.22. The maximum absolute atomic E-state index is 12.6. The quantitative estimate of drug-likeness (QED) is 0.0320. The van der Waals surface area contributed by atoms with Crippen molar-refractivity contribution in [3.8, 4) is 0 Å². The van der Waals surface area contributed by atoms with Crippen molar-refractivity contribution in [1.82, 2.24) is 5.32 Å². The molecular weight excluding hydrogens is 1130 g/mol. The lowest BCUT2D eigenvalue weighted by Crippen LogP contribution is -2.45. The smallest absolute Gasteiger partial charge is 0.305 e. The van der Waals surface area contributed by atoms with E-state index in [0.717, 1.165) is 38.5 Å². The molecular formula is C86H167NO5. The minimum absolute atomic E-state index is 0.0191. The highest BCUT2D eigenvalue weighted by Crippen LogP contribution is 2.21. The Balaban J connectivity index is 3.35. The van der Waals surface area contributed by atoms with Crippen molar-refractivity contribution in [3.05, 3.63) is 24.3 Å². The number of ether oxygens (including phenoxy) is 1. The average Bonchev–Trinajstić information content (AvgIpc) is 3.68. The lowest BCUT2D eigenvalue weighted by atomic mass is 10.0. The second kappa shape index (κ2) is 81.8. The molecule has 2 unspecified atom stereocenters. The van der Waals surface area contributed by atoms with Crippen LogP contribution in [0.5, 0.6) is 0 Å². The summed E-state index contributed by atoms with van der Waals surface area (Å²) in [5, 5.41) is 23.5. The maximum atomic E-state index is 12.6. The van der Waals surface area contributed by atoms with Gasteiger partial charge in [0.1, 0.15) is 0 Å². The van der Waals surface area contributed by atoms with Crippen LogP contribution >= 0.6 is 0 Å². The van der Waals surface area contributed by atoms with E-state index in [2.05, 4.69) is 43.5 Å². The van der Waals surface area contributed by atoms with Crippen LogP contribution in [0.25, 0.3) is 0 Å². The molecule has 0 fully saturated rings. The van der Waals surface area contributed by atoms with E-state index >= 15 is 0 Å². The first kappa shape index (κ1) is 90.3. The van der Waals surface area contributed by atoms with Gasteiger partial charge in [-0.1, -0.05) is 423 Å². The van der Waals surface area contributed by atoms with Crippen LogP contribution in [-0.2, 0) is 14.3 Å². The Morgan fingerprint density at radius 1 is 0.293 bits per heavy atom. The summed E-state index contributed by atoms with van der Waals surface area (Å²) in [4.78, 5) is 24.7. The molecule has 0 aromatic heterocycles. The van der Waals surface area contributed by atoms with E-state index in [1.807, 2.05) is 0 Å². The third kappa shape index (κ3) is 77.3. The van der Waals surface area contributed by atoms with E-state index in [1.165, 1.54) is 417 Å². The maximum Gasteiger partial charge on any atom is 0.305 e. The Kier molecular flexibility index (Phi) is 80.3. The second-order valence-corrected chi connectivity index (χ2v) is 29.5. The Labute approximate surface area is 577 Å². The predicted molar refractivity (Wildman–Crippen MR) is 407 cm³/mol. The molecule has 0 rings (SSSR count). The van der Waals surface area contributed by atoms with Gasteiger partial charge in [-0.2, -0.15) is 0 Å². The largest absolute Gasteiger partial charge is 0.466 e. The van der Waals surface area contributed by atoms with E-state index in [0.29, 0.717) is 25.9 Å². The fourth-order valence-corrected chi connectivity index (χ4v) is 13.8. The molecule has 0 aliphatic rings. The minimum atomic E-state index is -0.664. The summed E-state index contributed by atoms with van der Waals surface area (Å²) in [6.45, 7) is 5.01. The van der Waals surface area contributed by atoms with Crippen LogP contribution in [0.2, 0.25) is 0 Å². The van der Waals surface area contributed by atoms with Crippen LogP contribution < -0.4 is 5.32 Å². The lowest BCUT2D eigenvalue weighted by molar-refractivity contribution is -0.143. The van der Waals surface area contributed by atoms with E-state index < -0.39 is 12.1 Å². The summed E-state index contributed by atoms with van der Waals surface area (Å²) in [6.07, 6.45) is 106. The van der Waals surface area contributed by atoms with Crippen LogP contribution in [0.3, 0.4) is 0 Å². The third-order valence-electron chi connectivity index (χ3n) is 20.2. The highest BCUT2D eigenvalue weighted by Gasteiger charge is 2.20. The number of unbranched alkanes of at least 4 members (excludes halogenated alkanes) is 66. The molecule has 6 heteroatoms. The van der Waals surface area contributed by atoms with Gasteiger partial charge in [-0.25, -0.2) is 0 Å². The van der Waals surface area contributed by atoms with Gasteiger partial charge >= 0.3 is 5.97 Å². The van der Waals surface area contributed by atoms with E-state index in [1.54, 1.807) is 0 Å². The van der Waals surface area contributed by atoms with Crippen LogP contribution in [-0.4, -0.2) is 47.4 Å². The summed E-state index contributed by atoms with van der Waals surface area (Å²) in [5.74, 6) is -0.00705. The van der Waals surface area contributed by atoms with Crippen LogP contribution in [0.1, 0.15) is 489 Å². The van der Waals surface area contributed by atoms with Gasteiger partial charge in [0.2, 0.25) is 5.91 Å². The zero-order chi connectivity index (χ0) is 66.3. The number of allylic oxidation sites excluding steroid dienone is 4. The minimum Gasteiger partial charge on any atom is -0.466 e. The van der Waals surface area contributed by atoms with Gasteiger partial charge in [-0.15, -0.1) is 0 Å². The Bertz CT molecular complexity index is 1450. The first-order valence-electron chi connectivity index (χ1n) is 42.6. The molecule has 92 heavy (non-hydrogen) atoms. The number of aliphatic hydroxyl groups is 2. The van der Waals surface area contributed by atoms with Crippen LogP contribution in [0.15, 0.2) is 24.3 Å². The molecule has 3 N–H and O–H groups in total. The topological polar surface area (TPSA) is 95.9 Å². The molecule has 6 nitrogen and oxygen atoms in total. The molecule has 0 radical (unpaired) electrons. The van der Waals surface area contributed by atoms with Gasteiger partial charge in [-0.3, -0.25) is 9.59 Å². The van der Waals surface area contributed by atoms with Gasteiger partial charge in [0, 0.05) is 12.8 Å². The van der Waals surface area contributed by atoms with E-state index in [-0.39, 0.29) is 18.5 Å². The summed E-state index contributed by atoms with van der Waals surface area (Å²) < 4.78 is 5.52. The zero-order valence-corrected chi connectivity index (χ0v) is 62.8. The molecule has 0 heterocycles. The van der Waals surface area contributed by atoms with Crippen LogP contribution in [0, 0.1) is 0 Å². The van der Waals surface area contributed by atoms with Crippen LogP contribution in [0.4, 0.5) is 0 Å². The molecule has 0 saturated heterocycles. The van der Waals surface area contributed by atoms with E-state index in [9.17, 15) is 19.8 Å². The fraction of sp³-hybridized carbons (Fsp3) is 0.930. The monoisotopic (exact) mass is 1290 g/mol. The number of hydrogen-bond donors (Lipinski definition) is 3. The van der Waals surface area contributed by atoms with Crippen molar-refractivity contribution < 1.29 is 24.5 Å². The molecule has 1 amide bonds.